The number of rotatable bonds is 3. The van der Waals surface area contributed by atoms with E-state index in [1.54, 1.807) is 0 Å². The second-order valence-electron chi connectivity index (χ2n) is 12.8. The normalized spacial score (nSPS) is 11.8. The lowest BCUT2D eigenvalue weighted by Gasteiger charge is -2.23. The first kappa shape index (κ1) is 29.1. The highest BCUT2D eigenvalue weighted by atomic mass is 16.5. The minimum Gasteiger partial charge on any atom is -0.456 e. The fraction of sp³-hybridized carbons (Fsp3) is 0. The number of benzene rings is 8. The zero-order chi connectivity index (χ0) is 33.7. The molecule has 1 aliphatic heterocycles. The van der Waals surface area contributed by atoms with Gasteiger partial charge in [-0.3, -0.25) is 0 Å². The molecule has 1 aromatic heterocycles. The quantitative estimate of drug-likeness (QED) is 0.189. The molecule has 0 spiro atoms. The fourth-order valence-corrected chi connectivity index (χ4v) is 7.64. The Labute approximate surface area is 296 Å². The van der Waals surface area contributed by atoms with Crippen LogP contribution in [0.3, 0.4) is 0 Å². The predicted octanol–water partition coefficient (Wildman–Crippen LogP) is 13.3. The van der Waals surface area contributed by atoms with Crippen LogP contribution in [0, 0.1) is 0 Å². The van der Waals surface area contributed by atoms with Crippen molar-refractivity contribution in [1.82, 2.24) is 4.57 Å². The summed E-state index contributed by atoms with van der Waals surface area (Å²) < 4.78 is 16.3. The molecule has 8 aromatic carbocycles. The van der Waals surface area contributed by atoms with Gasteiger partial charge in [-0.05, 0) is 76.9 Å². The molecular formula is C48H31NO2. The van der Waals surface area contributed by atoms with Gasteiger partial charge < -0.3 is 14.0 Å². The van der Waals surface area contributed by atoms with Crippen LogP contribution < -0.4 is 9.47 Å². The second-order valence-corrected chi connectivity index (χ2v) is 12.8. The Balaban J connectivity index is 1.22. The largest absolute Gasteiger partial charge is 0.456 e. The van der Waals surface area contributed by atoms with Crippen LogP contribution in [0.1, 0.15) is 0 Å². The van der Waals surface area contributed by atoms with E-state index in [2.05, 4.69) is 162 Å². The van der Waals surface area contributed by atoms with Gasteiger partial charge in [0.25, 0.3) is 0 Å². The predicted molar refractivity (Wildman–Crippen MR) is 209 cm³/mol. The summed E-state index contributed by atoms with van der Waals surface area (Å²) in [7, 11) is 0. The van der Waals surface area contributed by atoms with Crippen molar-refractivity contribution in [3.8, 4) is 73.2 Å². The van der Waals surface area contributed by atoms with Crippen LogP contribution in [0.5, 0.6) is 23.0 Å². The molecule has 0 saturated heterocycles. The van der Waals surface area contributed by atoms with E-state index in [4.69, 9.17) is 9.47 Å². The smallest absolute Gasteiger partial charge is 0.136 e. The van der Waals surface area contributed by atoms with Crippen molar-refractivity contribution in [2.24, 2.45) is 0 Å². The summed E-state index contributed by atoms with van der Waals surface area (Å²) in [5, 5.41) is 2.43. The molecule has 0 N–H and O–H groups in total. The summed E-state index contributed by atoms with van der Waals surface area (Å²) in [6.45, 7) is 0. The molecule has 1 aliphatic rings. The van der Waals surface area contributed by atoms with Gasteiger partial charge in [0.1, 0.15) is 23.0 Å². The van der Waals surface area contributed by atoms with E-state index < -0.39 is 0 Å². The van der Waals surface area contributed by atoms with E-state index in [0.29, 0.717) is 0 Å². The summed E-state index contributed by atoms with van der Waals surface area (Å²) in [4.78, 5) is 0. The molecule has 10 rings (SSSR count). The summed E-state index contributed by atoms with van der Waals surface area (Å²) in [6, 6.07) is 65.7. The molecule has 0 atom stereocenters. The van der Waals surface area contributed by atoms with Crippen molar-refractivity contribution in [2.45, 2.75) is 0 Å². The highest BCUT2D eigenvalue weighted by Crippen LogP contribution is 2.50. The number of hydrogen-bond donors (Lipinski definition) is 0. The molecular weight excluding hydrogens is 623 g/mol. The lowest BCUT2D eigenvalue weighted by molar-refractivity contribution is 0.472. The maximum absolute atomic E-state index is 7.04. The van der Waals surface area contributed by atoms with Crippen molar-refractivity contribution < 1.29 is 9.47 Å². The molecule has 9 aromatic rings. The fourth-order valence-electron chi connectivity index (χ4n) is 7.64. The molecule has 51 heavy (non-hydrogen) atoms. The Morgan fingerprint density at radius 3 is 1.75 bits per heavy atom. The number of hydrogen-bond acceptors (Lipinski definition) is 2. The van der Waals surface area contributed by atoms with Gasteiger partial charge in [-0.2, -0.15) is 0 Å². The van der Waals surface area contributed by atoms with Gasteiger partial charge in [-0.1, -0.05) is 133 Å². The molecule has 0 radical (unpaired) electrons. The molecule has 2 heterocycles. The molecule has 0 aliphatic carbocycles. The lowest BCUT2D eigenvalue weighted by atomic mass is 9.92. The first-order valence-corrected chi connectivity index (χ1v) is 17.3. The Morgan fingerprint density at radius 2 is 0.902 bits per heavy atom. The molecule has 240 valence electrons. The SMILES string of the molecule is c1ccc(-c2cccc3c2-c2ccccc2Oc2ccccc2-c2cc(-c4cccc5c4c4ccccc4n5-c4ccccc4)ccc2O3)cc1. The van der Waals surface area contributed by atoms with E-state index in [1.807, 2.05) is 30.3 Å². The number of aromatic nitrogens is 1. The zero-order valence-corrected chi connectivity index (χ0v) is 27.7. The van der Waals surface area contributed by atoms with Crippen molar-refractivity contribution in [1.29, 1.82) is 0 Å². The van der Waals surface area contributed by atoms with Gasteiger partial charge in [0.15, 0.2) is 0 Å². The third kappa shape index (κ3) is 4.82. The van der Waals surface area contributed by atoms with Gasteiger partial charge in [-0.15, -0.1) is 0 Å². The van der Waals surface area contributed by atoms with Crippen molar-refractivity contribution in [3.05, 3.63) is 188 Å². The van der Waals surface area contributed by atoms with Gasteiger partial charge in [0, 0.05) is 38.7 Å². The molecule has 0 unspecified atom stereocenters. The third-order valence-corrected chi connectivity index (χ3v) is 9.89. The molecule has 0 bridgehead atoms. The molecule has 0 fully saturated rings. The maximum Gasteiger partial charge on any atom is 0.136 e. The number of ether oxygens (including phenoxy) is 2. The van der Waals surface area contributed by atoms with Crippen LogP contribution in [0.15, 0.2) is 188 Å². The van der Waals surface area contributed by atoms with E-state index in [9.17, 15) is 0 Å². The van der Waals surface area contributed by atoms with Gasteiger partial charge in [0.2, 0.25) is 0 Å². The Bertz CT molecular complexity index is 2740. The van der Waals surface area contributed by atoms with Crippen LogP contribution in [-0.4, -0.2) is 4.57 Å². The first-order chi connectivity index (χ1) is 25.3. The number of para-hydroxylation sites is 4. The summed E-state index contributed by atoms with van der Waals surface area (Å²) in [6.07, 6.45) is 0. The maximum atomic E-state index is 7.04. The van der Waals surface area contributed by atoms with Crippen LogP contribution in [-0.2, 0) is 0 Å². The first-order valence-electron chi connectivity index (χ1n) is 17.3. The number of nitrogens with zero attached hydrogens (tertiary/aromatic N) is 1. The average Bonchev–Trinajstić information content (AvgIpc) is 3.54. The topological polar surface area (TPSA) is 23.4 Å². The molecule has 3 nitrogen and oxygen atoms in total. The average molecular weight is 654 g/mol. The van der Waals surface area contributed by atoms with Crippen LogP contribution in [0.25, 0.3) is 72.0 Å². The van der Waals surface area contributed by atoms with Crippen LogP contribution in [0.4, 0.5) is 0 Å². The highest BCUT2D eigenvalue weighted by molar-refractivity contribution is 6.16. The minimum absolute atomic E-state index is 0.763. The highest BCUT2D eigenvalue weighted by Gasteiger charge is 2.24. The summed E-state index contributed by atoms with van der Waals surface area (Å²) in [5.41, 5.74) is 11.8. The Hall–Kier alpha value is -6.84. The Kier molecular flexibility index (Phi) is 6.81. The minimum atomic E-state index is 0.763. The standard InChI is InChI=1S/C48H31NO2/c1-3-15-32(16-4-1)35-23-14-28-46-48(35)39-21-9-12-27-44(39)50-43-26-11-8-19-37(43)40-31-33(29-30-45(40)51-46)36-22-13-25-42-47(36)38-20-7-10-24-41(38)49(42)34-17-5-2-6-18-34/h1-31H. The zero-order valence-electron chi connectivity index (χ0n) is 27.7. The molecule has 0 amide bonds. The van der Waals surface area contributed by atoms with Crippen molar-refractivity contribution >= 4 is 21.8 Å². The molecule has 3 heteroatoms. The van der Waals surface area contributed by atoms with E-state index in [0.717, 1.165) is 73.2 Å². The summed E-state index contributed by atoms with van der Waals surface area (Å²) in [5.74, 6) is 3.08. The van der Waals surface area contributed by atoms with Crippen LogP contribution >= 0.6 is 0 Å². The van der Waals surface area contributed by atoms with Crippen molar-refractivity contribution in [3.63, 3.8) is 0 Å². The second kappa shape index (κ2) is 11.9. The van der Waals surface area contributed by atoms with Gasteiger partial charge >= 0.3 is 0 Å². The summed E-state index contributed by atoms with van der Waals surface area (Å²) >= 11 is 0. The molecule has 0 saturated carbocycles. The van der Waals surface area contributed by atoms with E-state index in [-0.39, 0.29) is 0 Å². The van der Waals surface area contributed by atoms with E-state index >= 15 is 0 Å². The Morgan fingerprint density at radius 1 is 0.333 bits per heavy atom. The monoisotopic (exact) mass is 653 g/mol. The lowest BCUT2D eigenvalue weighted by Crippen LogP contribution is -1.99. The van der Waals surface area contributed by atoms with Crippen LogP contribution in [0.2, 0.25) is 0 Å². The van der Waals surface area contributed by atoms with Crippen molar-refractivity contribution in [2.75, 3.05) is 0 Å². The van der Waals surface area contributed by atoms with Gasteiger partial charge in [-0.25, -0.2) is 0 Å². The van der Waals surface area contributed by atoms with E-state index in [1.165, 1.54) is 21.8 Å². The van der Waals surface area contributed by atoms with Gasteiger partial charge in [0.05, 0.1) is 11.0 Å². The number of fused-ring (bicyclic) bond motifs is 9. The third-order valence-electron chi connectivity index (χ3n) is 9.89.